The van der Waals surface area contributed by atoms with Crippen LogP contribution in [0.1, 0.15) is 122 Å². The Morgan fingerprint density at radius 1 is 0.804 bits per heavy atom. The fraction of sp³-hybridized carbons (Fsp3) is 0.525. The first kappa shape index (κ1) is 40.9. The van der Waals surface area contributed by atoms with E-state index in [-0.39, 0.29) is 29.4 Å². The molecule has 1 rings (SSSR count). The standard InChI is InChI=1S/C40H58O5S/c1-6-9-10-11-12-13-14-15-16-17-18-19-20-21-22-23-24-27-30-46-40(7-2,8-3)37(41)32-34(31-33(4)5)39(44)45-36-29-26-25-28-35(36)38(42)43/h9-10,12-13,15-16,18-19,21-22,25-26,28-29,33-34H,6-8,11,14,17,20,23-24,27,30-32H2,1-5H3,(H,42,43)/b10-9-,13-12-,16-15-,19-18-,22-21-. The highest BCUT2D eigenvalue weighted by molar-refractivity contribution is 8.01. The molecule has 0 radical (unpaired) electrons. The van der Waals surface area contributed by atoms with Crippen LogP contribution in [0.2, 0.25) is 0 Å². The number of ketones is 1. The van der Waals surface area contributed by atoms with Crippen LogP contribution in [0.5, 0.6) is 5.75 Å². The Balaban J connectivity index is 2.50. The van der Waals surface area contributed by atoms with Gasteiger partial charge in [-0.2, -0.15) is 0 Å². The average molecular weight is 651 g/mol. The summed E-state index contributed by atoms with van der Waals surface area (Å²) in [6.45, 7) is 10.3. The number of allylic oxidation sites excluding steroid dienone is 10. The smallest absolute Gasteiger partial charge is 0.339 e. The van der Waals surface area contributed by atoms with Crippen LogP contribution in [0, 0.1) is 11.8 Å². The van der Waals surface area contributed by atoms with Crippen molar-refractivity contribution in [2.24, 2.45) is 11.8 Å². The summed E-state index contributed by atoms with van der Waals surface area (Å²) < 4.78 is 5.02. The van der Waals surface area contributed by atoms with Crippen LogP contribution in [-0.2, 0) is 9.59 Å². The second-order valence-electron chi connectivity index (χ2n) is 11.9. The molecule has 0 amide bonds. The van der Waals surface area contributed by atoms with Crippen molar-refractivity contribution in [1.29, 1.82) is 0 Å². The molecule has 0 bridgehead atoms. The van der Waals surface area contributed by atoms with Crippen molar-refractivity contribution in [3.8, 4) is 5.75 Å². The second-order valence-corrected chi connectivity index (χ2v) is 13.4. The number of ether oxygens (including phenoxy) is 1. The van der Waals surface area contributed by atoms with E-state index in [1.807, 2.05) is 27.7 Å². The molecule has 0 aromatic heterocycles. The lowest BCUT2D eigenvalue weighted by Gasteiger charge is -2.31. The van der Waals surface area contributed by atoms with Gasteiger partial charge in [0.2, 0.25) is 0 Å². The maximum Gasteiger partial charge on any atom is 0.339 e. The van der Waals surface area contributed by atoms with Crippen LogP contribution in [0.25, 0.3) is 0 Å². The van der Waals surface area contributed by atoms with E-state index in [1.54, 1.807) is 23.9 Å². The summed E-state index contributed by atoms with van der Waals surface area (Å²) in [6.07, 6.45) is 32.2. The molecule has 1 aromatic carbocycles. The van der Waals surface area contributed by atoms with Crippen LogP contribution in [0.4, 0.5) is 0 Å². The predicted octanol–water partition coefficient (Wildman–Crippen LogP) is 11.1. The molecular weight excluding hydrogens is 593 g/mol. The first-order chi connectivity index (χ1) is 22.2. The zero-order valence-corrected chi connectivity index (χ0v) is 29.7. The fourth-order valence-electron chi connectivity index (χ4n) is 5.10. The van der Waals surface area contributed by atoms with Crippen molar-refractivity contribution in [3.63, 3.8) is 0 Å². The van der Waals surface area contributed by atoms with Gasteiger partial charge in [0.1, 0.15) is 17.1 Å². The number of carbonyl (C=O) groups excluding carboxylic acids is 2. The minimum Gasteiger partial charge on any atom is -0.478 e. The minimum absolute atomic E-state index is 0.0142. The van der Waals surface area contributed by atoms with E-state index in [9.17, 15) is 19.5 Å². The van der Waals surface area contributed by atoms with Crippen molar-refractivity contribution < 1.29 is 24.2 Å². The highest BCUT2D eigenvalue weighted by Gasteiger charge is 2.38. The number of carboxylic acid groups (broad SMARTS) is 1. The molecule has 0 spiro atoms. The second kappa shape index (κ2) is 25.0. The van der Waals surface area contributed by atoms with Gasteiger partial charge in [-0.3, -0.25) is 9.59 Å². The SMILES string of the molecule is CC/C=C\C/C=C\C/C=C\C/C=C\C/C=C\CCCCSC(CC)(CC)C(=O)CC(CC(C)C)C(=O)Oc1ccccc1C(=O)O. The van der Waals surface area contributed by atoms with Crippen LogP contribution in [0.3, 0.4) is 0 Å². The van der Waals surface area contributed by atoms with Gasteiger partial charge in [-0.1, -0.05) is 108 Å². The molecule has 1 aromatic rings. The predicted molar refractivity (Wildman–Crippen MR) is 196 cm³/mol. The Kier molecular flexibility index (Phi) is 22.3. The van der Waals surface area contributed by atoms with Gasteiger partial charge in [-0.05, 0) is 94.4 Å². The van der Waals surface area contributed by atoms with Gasteiger partial charge in [0.15, 0.2) is 0 Å². The lowest BCUT2D eigenvalue weighted by atomic mass is 9.86. The Hall–Kier alpha value is -3.12. The summed E-state index contributed by atoms with van der Waals surface area (Å²) in [7, 11) is 0. The minimum atomic E-state index is -1.16. The molecular formula is C40H58O5S. The summed E-state index contributed by atoms with van der Waals surface area (Å²) in [6, 6.07) is 6.11. The number of rotatable bonds is 25. The molecule has 254 valence electrons. The highest BCUT2D eigenvalue weighted by Crippen LogP contribution is 2.37. The van der Waals surface area contributed by atoms with E-state index in [0.29, 0.717) is 19.3 Å². The zero-order chi connectivity index (χ0) is 34.0. The number of Topliss-reactive ketones (excluding diaryl/α,β-unsaturated/α-hetero) is 1. The van der Waals surface area contributed by atoms with E-state index in [1.165, 1.54) is 12.1 Å². The molecule has 0 saturated heterocycles. The summed E-state index contributed by atoms with van der Waals surface area (Å²) in [5.74, 6) is -1.16. The molecule has 0 heterocycles. The topological polar surface area (TPSA) is 80.7 Å². The number of unbranched alkanes of at least 4 members (excludes halogenated alkanes) is 2. The van der Waals surface area contributed by atoms with Gasteiger partial charge >= 0.3 is 11.9 Å². The van der Waals surface area contributed by atoms with E-state index >= 15 is 0 Å². The van der Waals surface area contributed by atoms with E-state index < -0.39 is 22.6 Å². The molecule has 1 N–H and O–H groups in total. The van der Waals surface area contributed by atoms with E-state index in [0.717, 1.165) is 57.1 Å². The van der Waals surface area contributed by atoms with Crippen LogP contribution >= 0.6 is 11.8 Å². The van der Waals surface area contributed by atoms with Gasteiger partial charge in [-0.15, -0.1) is 11.8 Å². The molecule has 6 heteroatoms. The number of aromatic carboxylic acids is 1. The van der Waals surface area contributed by atoms with Crippen LogP contribution in [0.15, 0.2) is 85.0 Å². The zero-order valence-electron chi connectivity index (χ0n) is 28.9. The van der Waals surface area contributed by atoms with Gasteiger partial charge in [-0.25, -0.2) is 4.79 Å². The number of para-hydroxylation sites is 1. The largest absolute Gasteiger partial charge is 0.478 e. The lowest BCUT2D eigenvalue weighted by Crippen LogP contribution is -2.38. The Morgan fingerprint density at radius 2 is 1.35 bits per heavy atom. The van der Waals surface area contributed by atoms with E-state index in [2.05, 4.69) is 67.7 Å². The molecule has 1 atom stereocenters. The number of thioether (sulfide) groups is 1. The molecule has 0 aliphatic heterocycles. The van der Waals surface area contributed by atoms with Gasteiger partial charge < -0.3 is 9.84 Å². The molecule has 0 aliphatic rings. The van der Waals surface area contributed by atoms with E-state index in [4.69, 9.17) is 4.74 Å². The van der Waals surface area contributed by atoms with Crippen molar-refractivity contribution in [1.82, 2.24) is 0 Å². The van der Waals surface area contributed by atoms with Crippen LogP contribution < -0.4 is 4.74 Å². The number of carbonyl (C=O) groups is 3. The third kappa shape index (κ3) is 17.0. The third-order valence-electron chi connectivity index (χ3n) is 7.80. The maximum absolute atomic E-state index is 13.7. The van der Waals surface area contributed by atoms with Crippen LogP contribution in [-0.4, -0.2) is 33.3 Å². The number of hydrogen-bond acceptors (Lipinski definition) is 5. The number of hydrogen-bond donors (Lipinski definition) is 1. The highest BCUT2D eigenvalue weighted by atomic mass is 32.2. The Bertz CT molecular complexity index is 1170. The molecule has 46 heavy (non-hydrogen) atoms. The summed E-state index contributed by atoms with van der Waals surface area (Å²) in [4.78, 5) is 38.5. The summed E-state index contributed by atoms with van der Waals surface area (Å²) in [5, 5.41) is 9.47. The van der Waals surface area contributed by atoms with Crippen molar-refractivity contribution in [2.45, 2.75) is 116 Å². The normalized spacial score (nSPS) is 13.3. The van der Waals surface area contributed by atoms with Gasteiger partial charge in [0.25, 0.3) is 0 Å². The third-order valence-corrected chi connectivity index (χ3v) is 9.65. The maximum atomic E-state index is 13.7. The molecule has 0 fully saturated rings. The number of carboxylic acids is 1. The number of esters is 1. The fourth-order valence-corrected chi connectivity index (χ4v) is 6.49. The molecule has 1 unspecified atom stereocenters. The Labute approximate surface area is 283 Å². The summed E-state index contributed by atoms with van der Waals surface area (Å²) >= 11 is 1.72. The average Bonchev–Trinajstić information content (AvgIpc) is 3.03. The first-order valence-electron chi connectivity index (χ1n) is 17.2. The quantitative estimate of drug-likeness (QED) is 0.0491. The lowest BCUT2D eigenvalue weighted by molar-refractivity contribution is -0.142. The van der Waals surface area contributed by atoms with Gasteiger partial charge in [0.05, 0.1) is 10.7 Å². The molecule has 5 nitrogen and oxygen atoms in total. The number of benzene rings is 1. The Morgan fingerprint density at radius 3 is 1.87 bits per heavy atom. The molecule has 0 saturated carbocycles. The van der Waals surface area contributed by atoms with Crippen molar-refractivity contribution in [2.75, 3.05) is 5.75 Å². The van der Waals surface area contributed by atoms with Crippen molar-refractivity contribution >= 4 is 29.5 Å². The molecule has 0 aliphatic carbocycles. The van der Waals surface area contributed by atoms with Gasteiger partial charge in [0, 0.05) is 6.42 Å². The summed E-state index contributed by atoms with van der Waals surface area (Å²) in [5.41, 5.74) is -0.0675. The van der Waals surface area contributed by atoms with Crippen molar-refractivity contribution in [3.05, 3.63) is 90.6 Å². The first-order valence-corrected chi connectivity index (χ1v) is 18.1. The monoisotopic (exact) mass is 650 g/mol.